The fraction of sp³-hybridized carbons (Fsp3) is 0.750. The van der Waals surface area contributed by atoms with E-state index in [0.717, 1.165) is 18.4 Å². The van der Waals surface area contributed by atoms with Crippen molar-refractivity contribution < 1.29 is 27.6 Å². The number of rotatable bonds is 2. The Morgan fingerprint density at radius 3 is 2.33 bits per heavy atom. The molecule has 0 spiro atoms. The number of nitriles is 1. The van der Waals surface area contributed by atoms with Crippen molar-refractivity contribution in [2.75, 3.05) is 6.54 Å². The first-order valence-electron chi connectivity index (χ1n) is 14.6. The van der Waals surface area contributed by atoms with E-state index in [1.165, 1.54) is 0 Å². The van der Waals surface area contributed by atoms with Gasteiger partial charge in [-0.3, -0.25) is 14.4 Å². The Morgan fingerprint density at radius 2 is 1.70 bits per heavy atom. The molecule has 0 aromatic heterocycles. The van der Waals surface area contributed by atoms with Gasteiger partial charge >= 0.3 is 6.18 Å². The zero-order valence-electron chi connectivity index (χ0n) is 24.4. The van der Waals surface area contributed by atoms with Crippen LogP contribution in [-0.2, 0) is 14.4 Å². The normalized spacial score (nSPS) is 44.1. The second-order valence-electron chi connectivity index (χ2n) is 14.9. The van der Waals surface area contributed by atoms with Gasteiger partial charge in [0.05, 0.1) is 11.0 Å². The number of ketones is 2. The number of hydrogen-bond acceptors (Lipinski definition) is 4. The lowest BCUT2D eigenvalue weighted by molar-refractivity contribution is -0.180. The van der Waals surface area contributed by atoms with Crippen molar-refractivity contribution in [1.82, 2.24) is 5.32 Å². The molecule has 8 heteroatoms. The van der Waals surface area contributed by atoms with Gasteiger partial charge in [0.1, 0.15) is 12.6 Å². The zero-order valence-corrected chi connectivity index (χ0v) is 24.4. The summed E-state index contributed by atoms with van der Waals surface area (Å²) in [4.78, 5) is 40.9. The van der Waals surface area contributed by atoms with E-state index in [-0.39, 0.29) is 40.3 Å². The van der Waals surface area contributed by atoms with Gasteiger partial charge in [-0.1, -0.05) is 53.2 Å². The molecule has 40 heavy (non-hydrogen) atoms. The van der Waals surface area contributed by atoms with Crippen molar-refractivity contribution in [2.45, 2.75) is 92.7 Å². The van der Waals surface area contributed by atoms with Crippen LogP contribution in [0, 0.1) is 62.1 Å². The number of carbonyl (C=O) groups is 3. The van der Waals surface area contributed by atoms with Crippen molar-refractivity contribution >= 4 is 17.5 Å². The number of halogens is 3. The zero-order chi connectivity index (χ0) is 29.7. The SMILES string of the molecule is C[C@@H]1C(=O)C(C#N)=C[C@]2(C)C3=CC(=O)[C@H]4C5CC(C)(C)CC[C@]5(C(=O)NCC(F)(F)F)CC[C@@]4(C)[C@]3(C)CC[C@@H]12. The Labute approximate surface area is 235 Å². The maximum atomic E-state index is 14.4. The molecule has 218 valence electrons. The van der Waals surface area contributed by atoms with Crippen LogP contribution in [0.3, 0.4) is 0 Å². The third-order valence-corrected chi connectivity index (χ3v) is 12.4. The van der Waals surface area contributed by atoms with Gasteiger partial charge in [0.2, 0.25) is 5.91 Å². The minimum Gasteiger partial charge on any atom is -0.346 e. The van der Waals surface area contributed by atoms with Crippen LogP contribution in [0.4, 0.5) is 13.2 Å². The van der Waals surface area contributed by atoms with E-state index in [0.29, 0.717) is 32.1 Å². The van der Waals surface area contributed by atoms with Gasteiger partial charge in [0.25, 0.3) is 0 Å². The number of carbonyl (C=O) groups excluding carboxylic acids is 3. The summed E-state index contributed by atoms with van der Waals surface area (Å²) in [5.74, 6) is -1.99. The quantitative estimate of drug-likeness (QED) is 0.420. The van der Waals surface area contributed by atoms with Crippen LogP contribution in [0.2, 0.25) is 0 Å². The summed E-state index contributed by atoms with van der Waals surface area (Å²) in [6, 6.07) is 2.09. The molecule has 0 saturated heterocycles. The molecule has 0 aromatic rings. The largest absolute Gasteiger partial charge is 0.405 e. The Morgan fingerprint density at radius 1 is 1.05 bits per heavy atom. The van der Waals surface area contributed by atoms with Crippen molar-refractivity contribution in [3.8, 4) is 6.07 Å². The molecule has 5 aliphatic carbocycles. The predicted molar refractivity (Wildman–Crippen MR) is 143 cm³/mol. The van der Waals surface area contributed by atoms with E-state index in [9.17, 15) is 32.8 Å². The second kappa shape index (κ2) is 8.79. The van der Waals surface area contributed by atoms with Gasteiger partial charge in [-0.25, -0.2) is 0 Å². The van der Waals surface area contributed by atoms with Gasteiger partial charge < -0.3 is 5.32 Å². The van der Waals surface area contributed by atoms with Crippen LogP contribution in [-0.4, -0.2) is 30.2 Å². The van der Waals surface area contributed by atoms with Crippen molar-refractivity contribution in [3.63, 3.8) is 0 Å². The maximum absolute atomic E-state index is 14.4. The van der Waals surface area contributed by atoms with Crippen LogP contribution in [0.15, 0.2) is 23.3 Å². The molecule has 3 saturated carbocycles. The number of Topliss-reactive ketones (excluding diaryl/α,β-unsaturated/α-hetero) is 1. The molecule has 0 heterocycles. The first-order chi connectivity index (χ1) is 18.4. The van der Waals surface area contributed by atoms with Crippen LogP contribution in [0.25, 0.3) is 0 Å². The molecule has 1 unspecified atom stereocenters. The van der Waals surface area contributed by atoms with Crippen molar-refractivity contribution in [3.05, 3.63) is 23.3 Å². The third kappa shape index (κ3) is 3.89. The monoisotopic (exact) mass is 558 g/mol. The van der Waals surface area contributed by atoms with E-state index >= 15 is 0 Å². The third-order valence-electron chi connectivity index (χ3n) is 12.4. The smallest absolute Gasteiger partial charge is 0.346 e. The predicted octanol–water partition coefficient (Wildman–Crippen LogP) is 6.49. The highest BCUT2D eigenvalue weighted by Crippen LogP contribution is 2.73. The Kier molecular flexibility index (Phi) is 6.39. The molecule has 8 atom stereocenters. The first-order valence-corrected chi connectivity index (χ1v) is 14.6. The van der Waals surface area contributed by atoms with Gasteiger partial charge in [-0.2, -0.15) is 18.4 Å². The van der Waals surface area contributed by atoms with Crippen molar-refractivity contribution in [2.24, 2.45) is 50.7 Å². The highest BCUT2D eigenvalue weighted by atomic mass is 19.4. The fourth-order valence-electron chi connectivity index (χ4n) is 10.0. The number of nitrogens with one attached hydrogen (secondary N) is 1. The fourth-order valence-corrected chi connectivity index (χ4v) is 10.0. The van der Waals surface area contributed by atoms with Crippen LogP contribution in [0.5, 0.6) is 0 Å². The lowest BCUT2D eigenvalue weighted by Crippen LogP contribution is -2.66. The Bertz CT molecular complexity index is 1270. The molecule has 0 bridgehead atoms. The molecular weight excluding hydrogens is 517 g/mol. The van der Waals surface area contributed by atoms with E-state index in [1.54, 1.807) is 12.2 Å². The maximum Gasteiger partial charge on any atom is 0.405 e. The highest BCUT2D eigenvalue weighted by molar-refractivity contribution is 6.02. The molecule has 5 nitrogen and oxygen atoms in total. The minimum absolute atomic E-state index is 0.0196. The average Bonchev–Trinajstić information content (AvgIpc) is 2.85. The summed E-state index contributed by atoms with van der Waals surface area (Å²) in [5.41, 5.74) is -1.60. The number of nitrogens with zero attached hydrogens (tertiary/aromatic N) is 1. The number of hydrogen-bond donors (Lipinski definition) is 1. The number of alkyl halides is 3. The molecule has 1 N–H and O–H groups in total. The van der Waals surface area contributed by atoms with Crippen molar-refractivity contribution in [1.29, 1.82) is 5.26 Å². The van der Waals surface area contributed by atoms with E-state index in [1.807, 2.05) is 6.92 Å². The van der Waals surface area contributed by atoms with Crippen LogP contribution in [0.1, 0.15) is 86.5 Å². The molecule has 5 rings (SSSR count). The van der Waals surface area contributed by atoms with Gasteiger partial charge in [0, 0.05) is 17.3 Å². The molecule has 5 aliphatic rings. The van der Waals surface area contributed by atoms with Gasteiger partial charge in [-0.15, -0.1) is 0 Å². The summed E-state index contributed by atoms with van der Waals surface area (Å²) in [5, 5.41) is 12.0. The highest BCUT2D eigenvalue weighted by Gasteiger charge is 2.70. The first kappa shape index (κ1) is 29.1. The Balaban J connectivity index is 1.63. The summed E-state index contributed by atoms with van der Waals surface area (Å²) in [7, 11) is 0. The lowest BCUT2D eigenvalue weighted by Gasteiger charge is -2.68. The standard InChI is InChI=1S/C32H41F3N2O3/c1-18-20-7-8-29(5)23(28(20,4)14-19(16-36)25(18)39)13-22(38)24-21-15-27(2,3)9-11-31(21,12-10-30(24,29)6)26(40)37-17-32(33,34)35/h13-14,18,20-21,24H,7-12,15,17H2,1-6H3,(H,37,40)/t18-,20-,21?,24+,28-,29+,30+,31-/m0/s1. The second-order valence-corrected chi connectivity index (χ2v) is 14.9. The molecule has 0 aromatic carbocycles. The topological polar surface area (TPSA) is 87.0 Å². The minimum atomic E-state index is -4.51. The number of fused-ring (bicyclic) bond motifs is 7. The molecule has 3 fully saturated rings. The van der Waals surface area contributed by atoms with Gasteiger partial charge in [-0.05, 0) is 79.1 Å². The van der Waals surface area contributed by atoms with Crippen LogP contribution < -0.4 is 5.32 Å². The van der Waals surface area contributed by atoms with E-state index < -0.39 is 46.2 Å². The van der Waals surface area contributed by atoms with E-state index in [4.69, 9.17) is 0 Å². The van der Waals surface area contributed by atoms with Crippen LogP contribution >= 0.6 is 0 Å². The van der Waals surface area contributed by atoms with Gasteiger partial charge in [0.15, 0.2) is 11.6 Å². The summed E-state index contributed by atoms with van der Waals surface area (Å²) in [6.45, 7) is 11.2. The number of allylic oxidation sites excluding steroid dienone is 4. The number of amides is 1. The molecule has 0 aliphatic heterocycles. The summed E-state index contributed by atoms with van der Waals surface area (Å²) in [6.07, 6.45) is 3.36. The summed E-state index contributed by atoms with van der Waals surface area (Å²) < 4.78 is 39.3. The average molecular weight is 559 g/mol. The molecular formula is C32H41F3N2O3. The molecule has 1 amide bonds. The van der Waals surface area contributed by atoms with E-state index in [2.05, 4.69) is 46.0 Å². The Hall–Kier alpha value is -2.43. The summed E-state index contributed by atoms with van der Waals surface area (Å²) >= 11 is 0. The lowest BCUT2D eigenvalue weighted by atomic mass is 9.34. The molecule has 0 radical (unpaired) electrons.